The Morgan fingerprint density at radius 3 is 2.57 bits per heavy atom. The molecule has 7 nitrogen and oxygen atoms in total. The van der Waals surface area contributed by atoms with E-state index in [1.807, 2.05) is 41.1 Å². The summed E-state index contributed by atoms with van der Waals surface area (Å²) < 4.78 is 5.02. The Morgan fingerprint density at radius 2 is 1.77 bits per heavy atom. The lowest BCUT2D eigenvalue weighted by molar-refractivity contribution is 0.540. The zero-order valence-electron chi connectivity index (χ0n) is 16.6. The van der Waals surface area contributed by atoms with Gasteiger partial charge >= 0.3 is 0 Å². The van der Waals surface area contributed by atoms with Crippen LogP contribution in [0.15, 0.2) is 64.2 Å². The molecule has 0 spiro atoms. The fourth-order valence-corrected chi connectivity index (χ4v) is 4.42. The third-order valence-electron chi connectivity index (χ3n) is 4.68. The molecule has 2 aromatic carbocycles. The number of benzene rings is 2. The number of aryl methyl sites for hydroxylation is 1. The van der Waals surface area contributed by atoms with Gasteiger partial charge < -0.3 is 0 Å². The summed E-state index contributed by atoms with van der Waals surface area (Å²) in [6, 6.07) is 18.4. The van der Waals surface area contributed by atoms with Gasteiger partial charge in [0.15, 0.2) is 16.8 Å². The summed E-state index contributed by atoms with van der Waals surface area (Å²) in [6.45, 7) is 3.68. The number of halogens is 1. The number of tetrazole rings is 1. The number of aromatic nitrogens is 7. The fourth-order valence-electron chi connectivity index (χ4n) is 3.08. The van der Waals surface area contributed by atoms with Crippen LogP contribution in [0.2, 0.25) is 0 Å². The molecule has 0 radical (unpaired) electrons. The van der Waals surface area contributed by atoms with Gasteiger partial charge in [-0.3, -0.25) is 4.57 Å². The first-order valence-electron chi connectivity index (χ1n) is 9.86. The number of hydrogen-bond donors (Lipinski definition) is 0. The lowest BCUT2D eigenvalue weighted by atomic mass is 10.2. The maximum absolute atomic E-state index is 4.52. The van der Waals surface area contributed by atoms with Gasteiger partial charge in [-0.1, -0.05) is 89.6 Å². The van der Waals surface area contributed by atoms with Gasteiger partial charge in [0, 0.05) is 16.6 Å². The van der Waals surface area contributed by atoms with Crippen molar-refractivity contribution >= 4 is 27.7 Å². The lowest BCUT2D eigenvalue weighted by Gasteiger charge is -2.11. The van der Waals surface area contributed by atoms with Crippen LogP contribution in [0.5, 0.6) is 0 Å². The van der Waals surface area contributed by atoms with Gasteiger partial charge in [-0.2, -0.15) is 0 Å². The standard InChI is InChI=1S/C21H22BrN7S/c1-2-3-13-29-19(23-26-27-29)15-30-21-25-24-20(17-11-7-8-12-18(17)22)28(21)14-16-9-5-4-6-10-16/h4-12H,2-3,13-15H2,1H3. The van der Waals surface area contributed by atoms with Crippen molar-refractivity contribution in [3.8, 4) is 11.4 Å². The smallest absolute Gasteiger partial charge is 0.192 e. The van der Waals surface area contributed by atoms with Crippen molar-refractivity contribution in [2.45, 2.75) is 43.8 Å². The van der Waals surface area contributed by atoms with Gasteiger partial charge in [0.2, 0.25) is 0 Å². The number of nitrogens with zero attached hydrogens (tertiary/aromatic N) is 7. The summed E-state index contributed by atoms with van der Waals surface area (Å²) in [5.41, 5.74) is 2.21. The molecule has 0 N–H and O–H groups in total. The van der Waals surface area contributed by atoms with E-state index in [9.17, 15) is 0 Å². The van der Waals surface area contributed by atoms with E-state index < -0.39 is 0 Å². The van der Waals surface area contributed by atoms with Crippen molar-refractivity contribution in [2.24, 2.45) is 0 Å². The Hall–Kier alpha value is -2.52. The first-order chi connectivity index (χ1) is 14.8. The zero-order chi connectivity index (χ0) is 20.8. The van der Waals surface area contributed by atoms with Crippen molar-refractivity contribution < 1.29 is 0 Å². The Kier molecular flexibility index (Phi) is 6.91. The van der Waals surface area contributed by atoms with E-state index in [-0.39, 0.29) is 0 Å². The van der Waals surface area contributed by atoms with Crippen molar-refractivity contribution in [3.63, 3.8) is 0 Å². The number of hydrogen-bond acceptors (Lipinski definition) is 6. The second-order valence-corrected chi connectivity index (χ2v) is 8.62. The molecular weight excluding hydrogens is 462 g/mol. The van der Waals surface area contributed by atoms with Gasteiger partial charge in [-0.15, -0.1) is 15.3 Å². The lowest BCUT2D eigenvalue weighted by Crippen LogP contribution is -2.07. The SMILES string of the molecule is CCCCn1nnnc1CSc1nnc(-c2ccccc2Br)n1Cc1ccccc1. The molecule has 0 fully saturated rings. The van der Waals surface area contributed by atoms with Crippen LogP contribution >= 0.6 is 27.7 Å². The summed E-state index contributed by atoms with van der Waals surface area (Å²) in [7, 11) is 0. The monoisotopic (exact) mass is 483 g/mol. The number of thioether (sulfide) groups is 1. The summed E-state index contributed by atoms with van der Waals surface area (Å²) in [6.07, 6.45) is 2.16. The molecule has 9 heteroatoms. The molecule has 0 aliphatic heterocycles. The Labute approximate surface area is 188 Å². The second-order valence-electron chi connectivity index (χ2n) is 6.82. The van der Waals surface area contributed by atoms with Crippen LogP contribution in [0.1, 0.15) is 31.2 Å². The van der Waals surface area contributed by atoms with Crippen LogP contribution in [0, 0.1) is 0 Å². The van der Waals surface area contributed by atoms with Crippen molar-refractivity contribution in [2.75, 3.05) is 0 Å². The van der Waals surface area contributed by atoms with E-state index in [2.05, 4.69) is 71.3 Å². The molecule has 0 amide bonds. The zero-order valence-corrected chi connectivity index (χ0v) is 19.1. The maximum atomic E-state index is 4.52. The van der Waals surface area contributed by atoms with Gasteiger partial charge in [-0.05, 0) is 28.5 Å². The van der Waals surface area contributed by atoms with Gasteiger partial charge in [0.25, 0.3) is 0 Å². The molecule has 2 heterocycles. The predicted molar refractivity (Wildman–Crippen MR) is 121 cm³/mol. The molecule has 30 heavy (non-hydrogen) atoms. The minimum atomic E-state index is 0.638. The summed E-state index contributed by atoms with van der Waals surface area (Å²) in [4.78, 5) is 0. The summed E-state index contributed by atoms with van der Waals surface area (Å²) in [5.74, 6) is 2.32. The molecule has 4 rings (SSSR count). The largest absolute Gasteiger partial charge is 0.298 e. The molecule has 0 unspecified atom stereocenters. The third-order valence-corrected chi connectivity index (χ3v) is 6.33. The molecule has 0 bridgehead atoms. The van der Waals surface area contributed by atoms with Crippen LogP contribution in [0.3, 0.4) is 0 Å². The molecule has 0 aliphatic rings. The van der Waals surface area contributed by atoms with E-state index in [0.29, 0.717) is 12.3 Å². The Balaban J connectivity index is 1.63. The quantitative estimate of drug-likeness (QED) is 0.317. The molecule has 0 atom stereocenters. The average molecular weight is 484 g/mol. The molecule has 4 aromatic rings. The van der Waals surface area contributed by atoms with Crippen molar-refractivity contribution in [1.29, 1.82) is 0 Å². The van der Waals surface area contributed by atoms with E-state index in [4.69, 9.17) is 0 Å². The van der Waals surface area contributed by atoms with Crippen molar-refractivity contribution in [3.05, 3.63) is 70.5 Å². The first-order valence-corrected chi connectivity index (χ1v) is 11.6. The second kappa shape index (κ2) is 9.99. The van der Waals surface area contributed by atoms with Gasteiger partial charge in [-0.25, -0.2) is 4.68 Å². The van der Waals surface area contributed by atoms with Crippen LogP contribution < -0.4 is 0 Å². The Morgan fingerprint density at radius 1 is 0.967 bits per heavy atom. The predicted octanol–water partition coefficient (Wildman–Crippen LogP) is 4.83. The highest BCUT2D eigenvalue weighted by Crippen LogP contribution is 2.31. The molecular formula is C21H22BrN7S. The first kappa shape index (κ1) is 20.7. The van der Waals surface area contributed by atoms with Crippen LogP contribution in [-0.4, -0.2) is 35.0 Å². The summed E-state index contributed by atoms with van der Waals surface area (Å²) >= 11 is 5.25. The number of unbranched alkanes of at least 4 members (excludes halogenated alkanes) is 1. The normalized spacial score (nSPS) is 11.1. The van der Waals surface area contributed by atoms with Crippen LogP contribution in [0.25, 0.3) is 11.4 Å². The number of rotatable bonds is 9. The topological polar surface area (TPSA) is 74.3 Å². The van der Waals surface area contributed by atoms with Crippen molar-refractivity contribution in [1.82, 2.24) is 35.0 Å². The van der Waals surface area contributed by atoms with E-state index in [0.717, 1.165) is 46.2 Å². The fraction of sp³-hybridized carbons (Fsp3) is 0.286. The summed E-state index contributed by atoms with van der Waals surface area (Å²) in [5, 5.41) is 22.0. The molecule has 154 valence electrons. The van der Waals surface area contributed by atoms with E-state index in [1.165, 1.54) is 5.56 Å². The highest BCUT2D eigenvalue weighted by molar-refractivity contribution is 9.10. The van der Waals surface area contributed by atoms with E-state index in [1.54, 1.807) is 11.8 Å². The molecule has 0 saturated carbocycles. The molecule has 0 aliphatic carbocycles. The molecule has 2 aromatic heterocycles. The molecule has 0 saturated heterocycles. The maximum Gasteiger partial charge on any atom is 0.192 e. The van der Waals surface area contributed by atoms with Gasteiger partial charge in [0.1, 0.15) is 0 Å². The average Bonchev–Trinajstić information content (AvgIpc) is 3.38. The van der Waals surface area contributed by atoms with Gasteiger partial charge in [0.05, 0.1) is 12.3 Å². The van der Waals surface area contributed by atoms with E-state index >= 15 is 0 Å². The minimum Gasteiger partial charge on any atom is -0.298 e. The van der Waals surface area contributed by atoms with Crippen LogP contribution in [0.4, 0.5) is 0 Å². The minimum absolute atomic E-state index is 0.638. The Bertz CT molecular complexity index is 1090. The highest BCUT2D eigenvalue weighted by Gasteiger charge is 2.18. The highest BCUT2D eigenvalue weighted by atomic mass is 79.9. The van der Waals surface area contributed by atoms with Crippen LogP contribution in [-0.2, 0) is 18.8 Å². The third kappa shape index (κ3) is 4.79.